The fourth-order valence-electron chi connectivity index (χ4n) is 0.695. The van der Waals surface area contributed by atoms with Crippen molar-refractivity contribution >= 4 is 18.8 Å². The van der Waals surface area contributed by atoms with Crippen LogP contribution < -0.4 is 0 Å². The molecular weight excluding hydrogens is 158 g/mol. The zero-order chi connectivity index (χ0) is 8.04. The summed E-state index contributed by atoms with van der Waals surface area (Å²) in [7, 11) is -0.459. The van der Waals surface area contributed by atoms with Gasteiger partial charge in [-0.25, -0.2) is 0 Å². The van der Waals surface area contributed by atoms with Gasteiger partial charge in [-0.2, -0.15) is 5.26 Å². The van der Waals surface area contributed by atoms with E-state index in [0.717, 1.165) is 23.0 Å². The van der Waals surface area contributed by atoms with Gasteiger partial charge in [0.15, 0.2) is 8.32 Å². The number of unbranched alkanes of at least 4 members (excludes halogenated alkanes) is 1. The Bertz CT molecular complexity index is 130. The highest BCUT2D eigenvalue weighted by Crippen LogP contribution is 2.12. The SMILES string of the molecule is C[Si](C)(CCCC#N)O[SiH3]. The minimum Gasteiger partial charge on any atom is -0.463 e. The van der Waals surface area contributed by atoms with Crippen LogP contribution in [0.1, 0.15) is 12.8 Å². The molecule has 0 saturated carbocycles. The van der Waals surface area contributed by atoms with Gasteiger partial charge in [0.25, 0.3) is 0 Å². The van der Waals surface area contributed by atoms with E-state index in [2.05, 4.69) is 19.2 Å². The van der Waals surface area contributed by atoms with Gasteiger partial charge in [-0.3, -0.25) is 0 Å². The first-order valence-electron chi connectivity index (χ1n) is 3.54. The molecule has 0 amide bonds. The van der Waals surface area contributed by atoms with Crippen LogP contribution in [0.3, 0.4) is 0 Å². The smallest absolute Gasteiger partial charge is 0.172 e. The maximum Gasteiger partial charge on any atom is 0.172 e. The van der Waals surface area contributed by atoms with E-state index in [-0.39, 0.29) is 0 Å². The Morgan fingerprint density at radius 3 is 2.60 bits per heavy atom. The van der Waals surface area contributed by atoms with Crippen LogP contribution in [0.2, 0.25) is 19.1 Å². The number of rotatable bonds is 4. The van der Waals surface area contributed by atoms with Gasteiger partial charge in [0, 0.05) is 6.42 Å². The molecule has 0 aliphatic heterocycles. The Kier molecular flexibility index (Phi) is 4.61. The number of nitriles is 1. The molecule has 0 fully saturated rings. The van der Waals surface area contributed by atoms with E-state index in [1.165, 1.54) is 0 Å². The van der Waals surface area contributed by atoms with Crippen LogP contribution in [0.5, 0.6) is 0 Å². The second kappa shape index (κ2) is 4.66. The minimum absolute atomic E-state index is 0.682. The van der Waals surface area contributed by atoms with Crippen molar-refractivity contribution in [3.05, 3.63) is 0 Å². The number of hydrogen-bond donors (Lipinski definition) is 0. The van der Waals surface area contributed by atoms with E-state index in [4.69, 9.17) is 9.38 Å². The molecule has 0 aromatic carbocycles. The zero-order valence-electron chi connectivity index (χ0n) is 6.98. The van der Waals surface area contributed by atoms with E-state index in [0.29, 0.717) is 6.42 Å². The molecule has 4 heteroatoms. The van der Waals surface area contributed by atoms with Crippen molar-refractivity contribution in [1.29, 1.82) is 5.26 Å². The maximum absolute atomic E-state index is 8.27. The molecule has 0 radical (unpaired) electrons. The van der Waals surface area contributed by atoms with E-state index < -0.39 is 8.32 Å². The van der Waals surface area contributed by atoms with Crippen LogP contribution in [0.15, 0.2) is 0 Å². The average molecular weight is 173 g/mol. The van der Waals surface area contributed by atoms with Gasteiger partial charge < -0.3 is 4.12 Å². The van der Waals surface area contributed by atoms with Crippen LogP contribution >= 0.6 is 0 Å². The van der Waals surface area contributed by atoms with Gasteiger partial charge in [0.1, 0.15) is 10.5 Å². The van der Waals surface area contributed by atoms with Crippen LogP contribution in [0.25, 0.3) is 0 Å². The van der Waals surface area contributed by atoms with Gasteiger partial charge in [-0.05, 0) is 25.6 Å². The van der Waals surface area contributed by atoms with Gasteiger partial charge in [-0.1, -0.05) is 0 Å². The first-order valence-corrected chi connectivity index (χ1v) is 7.47. The Balaban J connectivity index is 3.39. The molecule has 0 atom stereocenters. The first-order chi connectivity index (χ1) is 4.62. The molecule has 10 heavy (non-hydrogen) atoms. The molecule has 0 aliphatic rings. The Morgan fingerprint density at radius 1 is 1.60 bits per heavy atom. The first kappa shape index (κ1) is 9.88. The minimum atomic E-state index is -1.30. The molecule has 0 spiro atoms. The Hall–Kier alpha value is -0.116. The van der Waals surface area contributed by atoms with E-state index in [1.54, 1.807) is 0 Å². The highest BCUT2D eigenvalue weighted by Gasteiger charge is 2.18. The summed E-state index contributed by atoms with van der Waals surface area (Å²) in [6.07, 6.45) is 1.69. The average Bonchev–Trinajstić information content (AvgIpc) is 1.89. The van der Waals surface area contributed by atoms with Crippen LogP contribution in [-0.4, -0.2) is 18.8 Å². The number of nitrogens with zero attached hydrogens (tertiary/aromatic N) is 1. The van der Waals surface area contributed by atoms with Crippen molar-refractivity contribution in [1.82, 2.24) is 0 Å². The van der Waals surface area contributed by atoms with Crippen LogP contribution in [0, 0.1) is 11.3 Å². The fourth-order valence-corrected chi connectivity index (χ4v) is 2.54. The molecule has 0 saturated heterocycles. The monoisotopic (exact) mass is 173 g/mol. The molecule has 0 unspecified atom stereocenters. The van der Waals surface area contributed by atoms with Crippen LogP contribution in [-0.2, 0) is 4.12 Å². The second-order valence-electron chi connectivity index (χ2n) is 2.98. The lowest BCUT2D eigenvalue weighted by molar-refractivity contribution is 0.600. The predicted molar refractivity (Wildman–Crippen MR) is 48.2 cm³/mol. The van der Waals surface area contributed by atoms with Crippen molar-refractivity contribution in [3.63, 3.8) is 0 Å². The summed E-state index contributed by atoms with van der Waals surface area (Å²) in [6, 6.07) is 3.27. The Labute approximate surface area is 66.9 Å². The lowest BCUT2D eigenvalue weighted by atomic mass is 10.4. The fraction of sp³-hybridized carbons (Fsp3) is 0.833. The summed E-state index contributed by atoms with van der Waals surface area (Å²) in [5.41, 5.74) is 0. The standard InChI is InChI=1S/C6H15NOSi2/c1-10(2,8-9)6-4-3-5-7/h3-4,6H2,1-2,9H3. The van der Waals surface area contributed by atoms with Crippen molar-refractivity contribution in [2.24, 2.45) is 0 Å². The Morgan fingerprint density at radius 2 is 2.20 bits per heavy atom. The van der Waals surface area contributed by atoms with Gasteiger partial charge in [-0.15, -0.1) is 0 Å². The van der Waals surface area contributed by atoms with Crippen molar-refractivity contribution in [2.45, 2.75) is 32.0 Å². The topological polar surface area (TPSA) is 33.0 Å². The highest BCUT2D eigenvalue weighted by atomic mass is 28.4. The van der Waals surface area contributed by atoms with Crippen molar-refractivity contribution < 1.29 is 4.12 Å². The van der Waals surface area contributed by atoms with E-state index >= 15 is 0 Å². The third-order valence-corrected chi connectivity index (χ3v) is 7.60. The zero-order valence-corrected chi connectivity index (χ0v) is 9.98. The summed E-state index contributed by atoms with van der Waals surface area (Å²) in [4.78, 5) is 0. The molecule has 0 bridgehead atoms. The number of hydrogen-bond acceptors (Lipinski definition) is 2. The van der Waals surface area contributed by atoms with Gasteiger partial charge >= 0.3 is 0 Å². The lowest BCUT2D eigenvalue weighted by Crippen LogP contribution is -2.28. The highest BCUT2D eigenvalue weighted by molar-refractivity contribution is 6.73. The summed E-state index contributed by atoms with van der Waals surface area (Å²) in [5.74, 6) is 0. The van der Waals surface area contributed by atoms with E-state index in [9.17, 15) is 0 Å². The summed E-state index contributed by atoms with van der Waals surface area (Å²) in [5, 5.41) is 8.27. The molecule has 0 heterocycles. The maximum atomic E-state index is 8.27. The van der Waals surface area contributed by atoms with Gasteiger partial charge in [0.2, 0.25) is 0 Å². The summed E-state index contributed by atoms with van der Waals surface area (Å²) < 4.78 is 5.45. The van der Waals surface area contributed by atoms with Crippen molar-refractivity contribution in [3.8, 4) is 6.07 Å². The van der Waals surface area contributed by atoms with Crippen LogP contribution in [0.4, 0.5) is 0 Å². The molecule has 2 nitrogen and oxygen atoms in total. The van der Waals surface area contributed by atoms with E-state index in [1.807, 2.05) is 0 Å². The molecule has 0 aromatic rings. The molecule has 0 aliphatic carbocycles. The third kappa shape index (κ3) is 4.73. The van der Waals surface area contributed by atoms with Crippen molar-refractivity contribution in [2.75, 3.05) is 0 Å². The summed E-state index contributed by atoms with van der Waals surface area (Å²) in [6.45, 7) is 4.41. The molecule has 0 rings (SSSR count). The lowest BCUT2D eigenvalue weighted by Gasteiger charge is -2.19. The largest absolute Gasteiger partial charge is 0.463 e. The quantitative estimate of drug-likeness (QED) is 0.465. The molecular formula is C6H15NOSi2. The third-order valence-electron chi connectivity index (χ3n) is 1.62. The molecule has 0 N–H and O–H groups in total. The predicted octanol–water partition coefficient (Wildman–Crippen LogP) is 0.792. The molecule has 58 valence electrons. The van der Waals surface area contributed by atoms with Gasteiger partial charge in [0.05, 0.1) is 6.07 Å². The molecule has 0 aromatic heterocycles. The second-order valence-corrected chi connectivity index (χ2v) is 8.63. The normalized spacial score (nSPS) is 11.3. The summed E-state index contributed by atoms with van der Waals surface area (Å²) >= 11 is 0.